The van der Waals surface area contributed by atoms with Crippen LogP contribution in [0, 0.1) is 5.82 Å². The third kappa shape index (κ3) is 3.84. The van der Waals surface area contributed by atoms with Crippen LogP contribution in [-0.4, -0.2) is 24.6 Å². The Morgan fingerprint density at radius 2 is 2.04 bits per heavy atom. The van der Waals surface area contributed by atoms with Gasteiger partial charge < -0.3 is 10.3 Å². The number of nitrogens with zero attached hydrogens (tertiary/aromatic N) is 2. The molecular formula is C15H20ClFN4O3S. The fourth-order valence-electron chi connectivity index (χ4n) is 2.53. The Kier molecular flexibility index (Phi) is 5.53. The average molecular weight is 391 g/mol. The van der Waals surface area contributed by atoms with Gasteiger partial charge in [0.1, 0.15) is 5.82 Å². The van der Waals surface area contributed by atoms with Gasteiger partial charge in [0.05, 0.1) is 16.0 Å². The molecule has 3 N–H and O–H groups in total. The van der Waals surface area contributed by atoms with Crippen LogP contribution in [-0.2, 0) is 15.6 Å². The molecule has 0 spiro atoms. The Morgan fingerprint density at radius 3 is 2.60 bits per heavy atom. The topological polar surface area (TPSA) is 111 Å². The molecule has 0 aliphatic heterocycles. The first kappa shape index (κ1) is 19.8. The van der Waals surface area contributed by atoms with E-state index in [4.69, 9.17) is 10.3 Å². The molecule has 10 heteroatoms. The standard InChI is InChI=1S/C15H19FN4O3S.ClH/c1-9(2)20-24(21,22)10-4-5-12(16)11(8-10)13-18-14(19-23-13)15(17)6-3-7-15;/h4-5,8-9,20H,3,6-7,17H2,1-2H3;1H. The van der Waals surface area contributed by atoms with E-state index < -0.39 is 21.4 Å². The van der Waals surface area contributed by atoms with Crippen molar-refractivity contribution in [3.05, 3.63) is 29.8 Å². The highest BCUT2D eigenvalue weighted by Gasteiger charge is 2.39. The van der Waals surface area contributed by atoms with Gasteiger partial charge in [-0.1, -0.05) is 5.16 Å². The van der Waals surface area contributed by atoms with Crippen molar-refractivity contribution in [2.75, 3.05) is 0 Å². The predicted octanol–water partition coefficient (Wildman–Crippen LogP) is 2.32. The molecule has 138 valence electrons. The summed E-state index contributed by atoms with van der Waals surface area (Å²) in [5.74, 6) is -0.411. The quantitative estimate of drug-likeness (QED) is 0.810. The summed E-state index contributed by atoms with van der Waals surface area (Å²) >= 11 is 0. The average Bonchev–Trinajstić information content (AvgIpc) is 2.93. The molecule has 1 aliphatic rings. The van der Waals surface area contributed by atoms with E-state index in [1.807, 2.05) is 0 Å². The van der Waals surface area contributed by atoms with E-state index in [2.05, 4.69) is 14.9 Å². The van der Waals surface area contributed by atoms with Crippen molar-refractivity contribution in [2.24, 2.45) is 5.73 Å². The number of benzene rings is 1. The molecule has 1 fully saturated rings. The van der Waals surface area contributed by atoms with Gasteiger partial charge in [-0.2, -0.15) is 4.98 Å². The zero-order chi connectivity index (χ0) is 17.5. The van der Waals surface area contributed by atoms with Crippen LogP contribution in [0.5, 0.6) is 0 Å². The maximum Gasteiger partial charge on any atom is 0.261 e. The molecule has 7 nitrogen and oxygen atoms in total. The van der Waals surface area contributed by atoms with Crippen LogP contribution in [0.1, 0.15) is 38.9 Å². The summed E-state index contributed by atoms with van der Waals surface area (Å²) in [6.45, 7) is 3.40. The second-order valence-corrected chi connectivity index (χ2v) is 8.06. The van der Waals surface area contributed by atoms with Crippen LogP contribution >= 0.6 is 12.4 Å². The lowest BCUT2D eigenvalue weighted by Crippen LogP contribution is -2.44. The molecule has 1 aliphatic carbocycles. The molecule has 0 saturated heterocycles. The second-order valence-electron chi connectivity index (χ2n) is 6.35. The summed E-state index contributed by atoms with van der Waals surface area (Å²) in [4.78, 5) is 4.09. The summed E-state index contributed by atoms with van der Waals surface area (Å²) in [5.41, 5.74) is 5.42. The van der Waals surface area contributed by atoms with Crippen LogP contribution in [0.25, 0.3) is 11.5 Å². The first-order chi connectivity index (χ1) is 11.2. The lowest BCUT2D eigenvalue weighted by molar-refractivity contribution is 0.229. The van der Waals surface area contributed by atoms with E-state index in [0.717, 1.165) is 25.3 Å². The van der Waals surface area contributed by atoms with E-state index in [0.29, 0.717) is 5.82 Å². The molecule has 1 saturated carbocycles. The molecule has 0 atom stereocenters. The molecule has 1 heterocycles. The Balaban J connectivity index is 0.00000225. The Bertz CT molecular complexity index is 865. The van der Waals surface area contributed by atoms with Gasteiger partial charge in [-0.25, -0.2) is 17.5 Å². The van der Waals surface area contributed by atoms with Crippen molar-refractivity contribution in [2.45, 2.75) is 49.6 Å². The number of halogens is 2. The minimum atomic E-state index is -3.75. The van der Waals surface area contributed by atoms with Gasteiger partial charge in [0.15, 0.2) is 5.82 Å². The van der Waals surface area contributed by atoms with Gasteiger partial charge in [-0.15, -0.1) is 12.4 Å². The minimum Gasteiger partial charge on any atom is -0.334 e. The summed E-state index contributed by atoms with van der Waals surface area (Å²) < 4.78 is 46.2. The lowest BCUT2D eigenvalue weighted by Gasteiger charge is -2.34. The van der Waals surface area contributed by atoms with E-state index in [9.17, 15) is 12.8 Å². The maximum absolute atomic E-state index is 14.1. The van der Waals surface area contributed by atoms with Gasteiger partial charge in [-0.3, -0.25) is 0 Å². The molecule has 0 bridgehead atoms. The first-order valence-electron chi connectivity index (χ1n) is 7.67. The summed E-state index contributed by atoms with van der Waals surface area (Å²) in [7, 11) is -3.75. The normalized spacial score (nSPS) is 16.4. The molecule has 1 aromatic heterocycles. The van der Waals surface area contributed by atoms with E-state index in [1.165, 1.54) is 12.1 Å². The van der Waals surface area contributed by atoms with Crippen LogP contribution in [0.2, 0.25) is 0 Å². The number of hydrogen-bond acceptors (Lipinski definition) is 6. The monoisotopic (exact) mass is 390 g/mol. The lowest BCUT2D eigenvalue weighted by atomic mass is 9.77. The predicted molar refractivity (Wildman–Crippen MR) is 92.1 cm³/mol. The highest BCUT2D eigenvalue weighted by atomic mass is 35.5. The molecule has 2 aromatic rings. The number of sulfonamides is 1. The summed E-state index contributed by atoms with van der Waals surface area (Å²) in [5, 5.41) is 3.82. The largest absolute Gasteiger partial charge is 0.334 e. The van der Waals surface area contributed by atoms with E-state index in [-0.39, 0.29) is 34.8 Å². The number of nitrogens with two attached hydrogens (primary N) is 1. The molecule has 0 amide bonds. The van der Waals surface area contributed by atoms with Crippen LogP contribution in [0.3, 0.4) is 0 Å². The number of nitrogens with one attached hydrogen (secondary N) is 1. The number of rotatable bonds is 5. The number of aromatic nitrogens is 2. The van der Waals surface area contributed by atoms with Crippen molar-refractivity contribution < 1.29 is 17.3 Å². The summed E-state index contributed by atoms with van der Waals surface area (Å²) in [6, 6.07) is 3.16. The highest BCUT2D eigenvalue weighted by Crippen LogP contribution is 2.38. The van der Waals surface area contributed by atoms with Crippen molar-refractivity contribution >= 4 is 22.4 Å². The Labute approximate surface area is 151 Å². The molecule has 3 rings (SSSR count). The van der Waals surface area contributed by atoms with Crippen molar-refractivity contribution in [3.8, 4) is 11.5 Å². The smallest absolute Gasteiger partial charge is 0.261 e. The van der Waals surface area contributed by atoms with Gasteiger partial charge in [-0.05, 0) is 51.3 Å². The Hall–Kier alpha value is -1.55. The third-order valence-electron chi connectivity index (χ3n) is 3.99. The van der Waals surface area contributed by atoms with E-state index >= 15 is 0 Å². The fourth-order valence-corrected chi connectivity index (χ4v) is 3.81. The molecule has 0 radical (unpaired) electrons. The fraction of sp³-hybridized carbons (Fsp3) is 0.467. The molecule has 25 heavy (non-hydrogen) atoms. The van der Waals surface area contributed by atoms with E-state index in [1.54, 1.807) is 13.8 Å². The third-order valence-corrected chi connectivity index (χ3v) is 5.64. The van der Waals surface area contributed by atoms with Gasteiger partial charge in [0.2, 0.25) is 10.0 Å². The summed E-state index contributed by atoms with van der Waals surface area (Å²) in [6.07, 6.45) is 2.45. The first-order valence-corrected chi connectivity index (χ1v) is 9.15. The van der Waals surface area contributed by atoms with Crippen LogP contribution in [0.4, 0.5) is 4.39 Å². The van der Waals surface area contributed by atoms with Gasteiger partial charge in [0, 0.05) is 6.04 Å². The second kappa shape index (κ2) is 6.99. The van der Waals surface area contributed by atoms with Crippen molar-refractivity contribution in [1.29, 1.82) is 0 Å². The molecular weight excluding hydrogens is 371 g/mol. The SMILES string of the molecule is CC(C)NS(=O)(=O)c1ccc(F)c(-c2nc(C3(N)CCC3)no2)c1.Cl. The van der Waals surface area contributed by atoms with Gasteiger partial charge >= 0.3 is 0 Å². The number of hydrogen-bond donors (Lipinski definition) is 2. The minimum absolute atomic E-state index is 0. The van der Waals surface area contributed by atoms with Crippen LogP contribution in [0.15, 0.2) is 27.6 Å². The Morgan fingerprint density at radius 1 is 1.36 bits per heavy atom. The maximum atomic E-state index is 14.1. The zero-order valence-corrected chi connectivity index (χ0v) is 15.5. The molecule has 0 unspecified atom stereocenters. The van der Waals surface area contributed by atoms with Crippen LogP contribution < -0.4 is 10.5 Å². The van der Waals surface area contributed by atoms with Crippen molar-refractivity contribution in [1.82, 2.24) is 14.9 Å². The van der Waals surface area contributed by atoms with Gasteiger partial charge in [0.25, 0.3) is 5.89 Å². The zero-order valence-electron chi connectivity index (χ0n) is 13.8. The molecule has 1 aromatic carbocycles. The van der Waals surface area contributed by atoms with Crippen molar-refractivity contribution in [3.63, 3.8) is 0 Å². The highest BCUT2D eigenvalue weighted by molar-refractivity contribution is 7.89.